The summed E-state index contributed by atoms with van der Waals surface area (Å²) in [5.41, 5.74) is 20.6. The van der Waals surface area contributed by atoms with Crippen LogP contribution in [0.1, 0.15) is 5.56 Å². The van der Waals surface area contributed by atoms with Gasteiger partial charge in [-0.05, 0) is 36.3 Å². The number of nitriles is 1. The van der Waals surface area contributed by atoms with E-state index >= 15 is 0 Å². The standard InChI is InChI=1S/C14H14N4O/c15-6-10-11(17)5-13-9(14(10)18)4-7-3-8(16)1-2-12(7)19-13/h1-3,5,9,13H,4,16-18H2. The first-order chi connectivity index (χ1) is 9.10. The molecule has 1 aromatic carbocycles. The average molecular weight is 254 g/mol. The molecular weight excluding hydrogens is 240 g/mol. The Kier molecular flexibility index (Phi) is 2.39. The monoisotopic (exact) mass is 254 g/mol. The Bertz CT molecular complexity index is 654. The van der Waals surface area contributed by atoms with Crippen LogP contribution in [0, 0.1) is 17.2 Å². The Morgan fingerprint density at radius 1 is 1.26 bits per heavy atom. The van der Waals surface area contributed by atoms with E-state index in [1.807, 2.05) is 12.1 Å². The summed E-state index contributed by atoms with van der Waals surface area (Å²) in [5.74, 6) is 0.740. The van der Waals surface area contributed by atoms with Crippen molar-refractivity contribution in [2.24, 2.45) is 17.4 Å². The SMILES string of the molecule is N#CC1=C(N)C2Cc3cc(N)ccc3OC2C=C1N. The van der Waals surface area contributed by atoms with E-state index in [0.29, 0.717) is 29.1 Å². The summed E-state index contributed by atoms with van der Waals surface area (Å²) in [6.07, 6.45) is 2.25. The van der Waals surface area contributed by atoms with E-state index in [2.05, 4.69) is 6.07 Å². The summed E-state index contributed by atoms with van der Waals surface area (Å²) >= 11 is 0. The second-order valence-corrected chi connectivity index (χ2v) is 4.82. The fraction of sp³-hybridized carbons (Fsp3) is 0.214. The molecule has 0 fully saturated rings. The largest absolute Gasteiger partial charge is 0.485 e. The smallest absolute Gasteiger partial charge is 0.128 e. The highest BCUT2D eigenvalue weighted by molar-refractivity contribution is 5.53. The van der Waals surface area contributed by atoms with Crippen LogP contribution in [0.5, 0.6) is 5.75 Å². The van der Waals surface area contributed by atoms with Crippen LogP contribution in [-0.2, 0) is 6.42 Å². The molecule has 2 unspecified atom stereocenters. The lowest BCUT2D eigenvalue weighted by molar-refractivity contribution is 0.169. The summed E-state index contributed by atoms with van der Waals surface area (Å²) in [6.45, 7) is 0. The predicted molar refractivity (Wildman–Crippen MR) is 71.6 cm³/mol. The van der Waals surface area contributed by atoms with Gasteiger partial charge in [-0.25, -0.2) is 0 Å². The Morgan fingerprint density at radius 3 is 2.79 bits per heavy atom. The molecule has 0 spiro atoms. The van der Waals surface area contributed by atoms with Crippen molar-refractivity contribution in [3.05, 3.63) is 46.8 Å². The molecule has 0 bridgehead atoms. The molecule has 1 heterocycles. The van der Waals surface area contributed by atoms with Gasteiger partial charge in [-0.15, -0.1) is 0 Å². The molecule has 0 amide bonds. The minimum atomic E-state index is -0.215. The fourth-order valence-electron chi connectivity index (χ4n) is 2.63. The van der Waals surface area contributed by atoms with Crippen LogP contribution in [0.25, 0.3) is 0 Å². The first-order valence-corrected chi connectivity index (χ1v) is 6.02. The van der Waals surface area contributed by atoms with Gasteiger partial charge in [-0.2, -0.15) is 5.26 Å². The number of ether oxygens (including phenoxy) is 1. The number of fused-ring (bicyclic) bond motifs is 2. The number of hydrogen-bond acceptors (Lipinski definition) is 5. The van der Waals surface area contributed by atoms with Crippen molar-refractivity contribution in [1.82, 2.24) is 0 Å². The van der Waals surface area contributed by atoms with Gasteiger partial charge < -0.3 is 21.9 Å². The van der Waals surface area contributed by atoms with Gasteiger partial charge >= 0.3 is 0 Å². The third-order valence-corrected chi connectivity index (χ3v) is 3.62. The summed E-state index contributed by atoms with van der Waals surface area (Å²) < 4.78 is 5.89. The van der Waals surface area contributed by atoms with E-state index in [1.165, 1.54) is 0 Å². The summed E-state index contributed by atoms with van der Waals surface area (Å²) in [4.78, 5) is 0. The van der Waals surface area contributed by atoms with Crippen molar-refractivity contribution >= 4 is 5.69 Å². The Labute approximate surface area is 110 Å². The zero-order valence-corrected chi connectivity index (χ0v) is 10.3. The van der Waals surface area contributed by atoms with E-state index in [-0.39, 0.29) is 12.0 Å². The normalized spacial score (nSPS) is 24.7. The van der Waals surface area contributed by atoms with Crippen molar-refractivity contribution in [2.45, 2.75) is 12.5 Å². The van der Waals surface area contributed by atoms with Gasteiger partial charge in [0.15, 0.2) is 0 Å². The maximum absolute atomic E-state index is 9.09. The first-order valence-electron chi connectivity index (χ1n) is 6.02. The Morgan fingerprint density at radius 2 is 2.05 bits per heavy atom. The lowest BCUT2D eigenvalue weighted by Crippen LogP contribution is -2.39. The van der Waals surface area contributed by atoms with E-state index in [4.69, 9.17) is 27.2 Å². The minimum absolute atomic E-state index is 0.0590. The Balaban J connectivity index is 2.06. The van der Waals surface area contributed by atoms with Crippen molar-refractivity contribution in [3.8, 4) is 11.8 Å². The van der Waals surface area contributed by atoms with Crippen LogP contribution in [0.3, 0.4) is 0 Å². The first kappa shape index (κ1) is 11.5. The third kappa shape index (κ3) is 1.69. The van der Waals surface area contributed by atoms with Crippen LogP contribution in [0.15, 0.2) is 41.2 Å². The number of allylic oxidation sites excluding steroid dienone is 1. The molecule has 96 valence electrons. The molecule has 1 aromatic rings. The molecule has 2 aliphatic rings. The molecule has 5 nitrogen and oxygen atoms in total. The maximum Gasteiger partial charge on any atom is 0.128 e. The van der Waals surface area contributed by atoms with Crippen molar-refractivity contribution in [2.75, 3.05) is 5.73 Å². The minimum Gasteiger partial charge on any atom is -0.485 e. The van der Waals surface area contributed by atoms with Crippen molar-refractivity contribution in [3.63, 3.8) is 0 Å². The van der Waals surface area contributed by atoms with Crippen LogP contribution in [0.2, 0.25) is 0 Å². The highest BCUT2D eigenvalue weighted by Gasteiger charge is 2.35. The van der Waals surface area contributed by atoms with Gasteiger partial charge in [0.2, 0.25) is 0 Å². The highest BCUT2D eigenvalue weighted by atomic mass is 16.5. The second kappa shape index (κ2) is 3.95. The van der Waals surface area contributed by atoms with Crippen LogP contribution < -0.4 is 21.9 Å². The summed E-state index contributed by atoms with van der Waals surface area (Å²) in [6, 6.07) is 7.59. The molecule has 19 heavy (non-hydrogen) atoms. The van der Waals surface area contributed by atoms with Gasteiger partial charge in [0.05, 0.1) is 11.3 Å². The number of hydrogen-bond donors (Lipinski definition) is 3. The summed E-state index contributed by atoms with van der Waals surface area (Å²) in [7, 11) is 0. The number of benzene rings is 1. The molecule has 0 radical (unpaired) electrons. The van der Waals surface area contributed by atoms with Crippen molar-refractivity contribution < 1.29 is 4.74 Å². The zero-order chi connectivity index (χ0) is 13.6. The quantitative estimate of drug-likeness (QED) is 0.592. The fourth-order valence-corrected chi connectivity index (χ4v) is 2.63. The van der Waals surface area contributed by atoms with Gasteiger partial charge in [-0.3, -0.25) is 0 Å². The van der Waals surface area contributed by atoms with Gasteiger partial charge in [0, 0.05) is 17.3 Å². The van der Waals surface area contributed by atoms with Crippen LogP contribution >= 0.6 is 0 Å². The second-order valence-electron chi connectivity index (χ2n) is 4.82. The lowest BCUT2D eigenvalue weighted by Gasteiger charge is -2.35. The number of rotatable bonds is 0. The highest BCUT2D eigenvalue weighted by Crippen LogP contribution is 2.38. The van der Waals surface area contributed by atoms with Crippen molar-refractivity contribution in [1.29, 1.82) is 5.26 Å². The van der Waals surface area contributed by atoms with Crippen LogP contribution in [-0.4, -0.2) is 6.10 Å². The number of nitrogen functional groups attached to an aromatic ring is 1. The number of nitrogens with zero attached hydrogens (tertiary/aromatic N) is 1. The van der Waals surface area contributed by atoms with E-state index in [0.717, 1.165) is 11.3 Å². The molecule has 0 aromatic heterocycles. The molecular formula is C14H14N4O. The van der Waals surface area contributed by atoms with E-state index in [9.17, 15) is 0 Å². The van der Waals surface area contributed by atoms with Gasteiger partial charge in [0.1, 0.15) is 17.9 Å². The number of anilines is 1. The third-order valence-electron chi connectivity index (χ3n) is 3.62. The Hall–Kier alpha value is -2.61. The molecule has 5 heteroatoms. The lowest BCUT2D eigenvalue weighted by atomic mass is 9.82. The molecule has 1 aliphatic heterocycles. The molecule has 0 saturated heterocycles. The summed E-state index contributed by atoms with van der Waals surface area (Å²) in [5, 5.41) is 9.09. The molecule has 2 atom stereocenters. The zero-order valence-electron chi connectivity index (χ0n) is 10.3. The predicted octanol–water partition coefficient (Wildman–Crippen LogP) is 0.781. The average Bonchev–Trinajstić information content (AvgIpc) is 2.38. The van der Waals surface area contributed by atoms with Gasteiger partial charge in [-0.1, -0.05) is 0 Å². The van der Waals surface area contributed by atoms with Gasteiger partial charge in [0.25, 0.3) is 0 Å². The topological polar surface area (TPSA) is 111 Å². The van der Waals surface area contributed by atoms with E-state index < -0.39 is 0 Å². The molecule has 6 N–H and O–H groups in total. The van der Waals surface area contributed by atoms with Crippen LogP contribution in [0.4, 0.5) is 5.69 Å². The molecule has 3 rings (SSSR count). The van der Waals surface area contributed by atoms with E-state index in [1.54, 1.807) is 12.1 Å². The number of nitrogens with two attached hydrogens (primary N) is 3. The molecule has 1 aliphatic carbocycles. The maximum atomic E-state index is 9.09. The molecule has 0 saturated carbocycles.